The summed E-state index contributed by atoms with van der Waals surface area (Å²) in [6.45, 7) is 11.8. The fourth-order valence-electron chi connectivity index (χ4n) is 1.87. The van der Waals surface area contributed by atoms with E-state index in [4.69, 9.17) is 0 Å². The van der Waals surface area contributed by atoms with Gasteiger partial charge in [0.25, 0.3) is 0 Å². The smallest absolute Gasteiger partial charge is 0.0218 e. The van der Waals surface area contributed by atoms with Crippen molar-refractivity contribution in [1.82, 2.24) is 10.2 Å². The normalized spacial score (nSPS) is 25.4. The van der Waals surface area contributed by atoms with Gasteiger partial charge in [-0.2, -0.15) is 0 Å². The van der Waals surface area contributed by atoms with Crippen molar-refractivity contribution in [3.8, 4) is 0 Å². The van der Waals surface area contributed by atoms with Crippen molar-refractivity contribution in [2.45, 2.75) is 39.7 Å². The summed E-state index contributed by atoms with van der Waals surface area (Å²) in [6, 6.07) is 0.714. The summed E-state index contributed by atoms with van der Waals surface area (Å²) in [5.41, 5.74) is 0. The highest BCUT2D eigenvalue weighted by molar-refractivity contribution is 4.80. The van der Waals surface area contributed by atoms with Gasteiger partial charge in [-0.1, -0.05) is 27.2 Å². The molecule has 0 radical (unpaired) electrons. The molecule has 0 aromatic carbocycles. The molecule has 1 saturated heterocycles. The van der Waals surface area contributed by atoms with Gasteiger partial charge in [0.05, 0.1) is 0 Å². The van der Waals surface area contributed by atoms with Gasteiger partial charge < -0.3 is 10.2 Å². The number of hydrogen-bond acceptors (Lipinski definition) is 2. The molecule has 78 valence electrons. The number of hydrogen-bond donors (Lipinski definition) is 1. The predicted octanol–water partition coefficient (Wildman–Crippen LogP) is 1.72. The number of piperazine rings is 1. The maximum absolute atomic E-state index is 3.58. The Morgan fingerprint density at radius 2 is 2.23 bits per heavy atom. The van der Waals surface area contributed by atoms with E-state index in [9.17, 15) is 0 Å². The van der Waals surface area contributed by atoms with Gasteiger partial charge in [-0.15, -0.1) is 0 Å². The van der Waals surface area contributed by atoms with E-state index >= 15 is 0 Å². The molecule has 0 aliphatic carbocycles. The van der Waals surface area contributed by atoms with Crippen LogP contribution in [0.4, 0.5) is 0 Å². The molecule has 0 bridgehead atoms. The average molecular weight is 184 g/mol. The molecule has 1 aliphatic heterocycles. The second-order valence-corrected chi connectivity index (χ2v) is 4.46. The Morgan fingerprint density at radius 1 is 1.46 bits per heavy atom. The fourth-order valence-corrected chi connectivity index (χ4v) is 1.87. The molecule has 0 amide bonds. The van der Waals surface area contributed by atoms with Crippen LogP contribution in [0.25, 0.3) is 0 Å². The molecule has 1 atom stereocenters. The summed E-state index contributed by atoms with van der Waals surface area (Å²) in [4.78, 5) is 2.60. The monoisotopic (exact) mass is 184 g/mol. The van der Waals surface area contributed by atoms with Gasteiger partial charge in [-0.3, -0.25) is 0 Å². The molecule has 2 nitrogen and oxygen atoms in total. The third-order valence-corrected chi connectivity index (χ3v) is 2.92. The van der Waals surface area contributed by atoms with E-state index in [1.807, 2.05) is 0 Å². The van der Waals surface area contributed by atoms with Gasteiger partial charge >= 0.3 is 0 Å². The lowest BCUT2D eigenvalue weighted by Gasteiger charge is -2.35. The molecule has 1 heterocycles. The van der Waals surface area contributed by atoms with E-state index in [0.29, 0.717) is 6.04 Å². The second kappa shape index (κ2) is 5.61. The van der Waals surface area contributed by atoms with Crippen LogP contribution >= 0.6 is 0 Å². The quantitative estimate of drug-likeness (QED) is 0.715. The third-order valence-electron chi connectivity index (χ3n) is 2.92. The Labute approximate surface area is 82.7 Å². The minimum absolute atomic E-state index is 0.714. The standard InChI is InChI=1S/C11H24N2/c1-4-5-7-13-8-6-12-11(9-13)10(2)3/h10-12H,4-9H2,1-3H3. The maximum Gasteiger partial charge on any atom is 0.0218 e. The van der Waals surface area contributed by atoms with Crippen LogP contribution in [0.5, 0.6) is 0 Å². The largest absolute Gasteiger partial charge is 0.311 e. The van der Waals surface area contributed by atoms with Gasteiger partial charge in [-0.25, -0.2) is 0 Å². The van der Waals surface area contributed by atoms with Crippen molar-refractivity contribution >= 4 is 0 Å². The first-order valence-electron chi connectivity index (χ1n) is 5.69. The lowest BCUT2D eigenvalue weighted by Crippen LogP contribution is -2.52. The van der Waals surface area contributed by atoms with E-state index in [0.717, 1.165) is 5.92 Å². The van der Waals surface area contributed by atoms with Crippen LogP contribution in [-0.4, -0.2) is 37.1 Å². The van der Waals surface area contributed by atoms with Crippen molar-refractivity contribution in [1.29, 1.82) is 0 Å². The van der Waals surface area contributed by atoms with Gasteiger partial charge in [0.1, 0.15) is 0 Å². The van der Waals surface area contributed by atoms with E-state index in [-0.39, 0.29) is 0 Å². The summed E-state index contributed by atoms with van der Waals surface area (Å²) in [6.07, 6.45) is 2.67. The van der Waals surface area contributed by atoms with Gasteiger partial charge in [-0.05, 0) is 18.9 Å². The predicted molar refractivity (Wildman–Crippen MR) is 58.0 cm³/mol. The average Bonchev–Trinajstić information content (AvgIpc) is 2.15. The Hall–Kier alpha value is -0.0800. The van der Waals surface area contributed by atoms with E-state index in [1.165, 1.54) is 39.0 Å². The number of nitrogens with one attached hydrogen (secondary N) is 1. The van der Waals surface area contributed by atoms with Crippen LogP contribution in [0.2, 0.25) is 0 Å². The van der Waals surface area contributed by atoms with Crippen molar-refractivity contribution in [3.63, 3.8) is 0 Å². The minimum Gasteiger partial charge on any atom is -0.311 e. The molecule has 13 heavy (non-hydrogen) atoms. The summed E-state index contributed by atoms with van der Waals surface area (Å²) >= 11 is 0. The molecule has 2 heteroatoms. The Balaban J connectivity index is 2.25. The molecule has 0 aromatic rings. The molecule has 0 aromatic heterocycles. The summed E-state index contributed by atoms with van der Waals surface area (Å²) in [5.74, 6) is 0.768. The molecular formula is C11H24N2. The Bertz CT molecular complexity index is 134. The zero-order valence-electron chi connectivity index (χ0n) is 9.34. The van der Waals surface area contributed by atoms with Crippen molar-refractivity contribution in [3.05, 3.63) is 0 Å². The first-order valence-corrected chi connectivity index (χ1v) is 5.69. The van der Waals surface area contributed by atoms with Gasteiger partial charge in [0.15, 0.2) is 0 Å². The maximum atomic E-state index is 3.58. The van der Waals surface area contributed by atoms with Crippen molar-refractivity contribution in [2.75, 3.05) is 26.2 Å². The van der Waals surface area contributed by atoms with Crippen molar-refractivity contribution in [2.24, 2.45) is 5.92 Å². The number of rotatable bonds is 4. The summed E-state index contributed by atoms with van der Waals surface area (Å²) < 4.78 is 0. The van der Waals surface area contributed by atoms with E-state index < -0.39 is 0 Å². The Morgan fingerprint density at radius 3 is 2.85 bits per heavy atom. The first kappa shape index (κ1) is 11.0. The Kier molecular flexibility index (Phi) is 4.74. The second-order valence-electron chi connectivity index (χ2n) is 4.46. The lowest BCUT2D eigenvalue weighted by molar-refractivity contribution is 0.173. The molecule has 1 fully saturated rings. The van der Waals surface area contributed by atoms with Crippen LogP contribution in [-0.2, 0) is 0 Å². The van der Waals surface area contributed by atoms with E-state index in [2.05, 4.69) is 31.0 Å². The van der Waals surface area contributed by atoms with Gasteiger partial charge in [0, 0.05) is 25.7 Å². The van der Waals surface area contributed by atoms with Gasteiger partial charge in [0.2, 0.25) is 0 Å². The van der Waals surface area contributed by atoms with E-state index in [1.54, 1.807) is 0 Å². The van der Waals surface area contributed by atoms with Crippen molar-refractivity contribution < 1.29 is 0 Å². The SMILES string of the molecule is CCCCN1CCNC(C(C)C)C1. The first-order chi connectivity index (χ1) is 6.24. The van der Waals surface area contributed by atoms with Crippen LogP contribution in [0.15, 0.2) is 0 Å². The molecule has 0 saturated carbocycles. The number of unbranched alkanes of at least 4 members (excludes halogenated alkanes) is 1. The lowest BCUT2D eigenvalue weighted by atomic mass is 10.0. The number of nitrogens with zero attached hydrogens (tertiary/aromatic N) is 1. The van der Waals surface area contributed by atoms with Crippen LogP contribution in [0.3, 0.4) is 0 Å². The van der Waals surface area contributed by atoms with Crippen LogP contribution < -0.4 is 5.32 Å². The fraction of sp³-hybridized carbons (Fsp3) is 1.00. The summed E-state index contributed by atoms with van der Waals surface area (Å²) in [7, 11) is 0. The third kappa shape index (κ3) is 3.65. The highest BCUT2D eigenvalue weighted by Crippen LogP contribution is 2.08. The molecule has 1 aliphatic rings. The highest BCUT2D eigenvalue weighted by Gasteiger charge is 2.20. The van der Waals surface area contributed by atoms with Crippen LogP contribution in [0.1, 0.15) is 33.6 Å². The zero-order valence-corrected chi connectivity index (χ0v) is 9.34. The highest BCUT2D eigenvalue weighted by atomic mass is 15.2. The molecule has 1 N–H and O–H groups in total. The topological polar surface area (TPSA) is 15.3 Å². The zero-order chi connectivity index (χ0) is 9.68. The summed E-state index contributed by atoms with van der Waals surface area (Å²) in [5, 5.41) is 3.58. The molecule has 1 rings (SSSR count). The molecule has 1 unspecified atom stereocenters. The minimum atomic E-state index is 0.714. The molecule has 0 spiro atoms. The van der Waals surface area contributed by atoms with Crippen LogP contribution in [0, 0.1) is 5.92 Å². The molecular weight excluding hydrogens is 160 g/mol.